The monoisotopic (exact) mass is 380 g/mol. The Bertz CT molecular complexity index is 433. The smallest absolute Gasteiger partial charge is 0.322 e. The van der Waals surface area contributed by atoms with E-state index in [1.807, 2.05) is 20.8 Å². The first-order valence-corrected chi connectivity index (χ1v) is 7.66. The number of hydrogen-bond donors (Lipinski definition) is 0. The van der Waals surface area contributed by atoms with Gasteiger partial charge in [-0.25, -0.2) is 0 Å². The fourth-order valence-electron chi connectivity index (χ4n) is 2.86. The molecule has 19 heavy (non-hydrogen) atoms. The van der Waals surface area contributed by atoms with E-state index >= 15 is 0 Å². The van der Waals surface area contributed by atoms with Crippen LogP contribution >= 0.6 is 22.6 Å². The van der Waals surface area contributed by atoms with Gasteiger partial charge in [0.25, 0.3) is 0 Å². The lowest BCUT2D eigenvalue weighted by Crippen LogP contribution is -2.45. The minimum Gasteiger partial charge on any atom is -0.455 e. The van der Waals surface area contributed by atoms with Gasteiger partial charge in [0.1, 0.15) is 9.53 Å². The third-order valence-corrected chi connectivity index (χ3v) is 6.20. The van der Waals surface area contributed by atoms with Crippen LogP contribution in [0.15, 0.2) is 0 Å². The molecule has 2 bridgehead atoms. The third kappa shape index (κ3) is 1.90. The van der Waals surface area contributed by atoms with E-state index in [1.165, 1.54) is 0 Å². The molecule has 0 aliphatic carbocycles. The van der Waals surface area contributed by atoms with E-state index in [4.69, 9.17) is 14.2 Å². The van der Waals surface area contributed by atoms with Gasteiger partial charge in [-0.1, -0.05) is 36.4 Å². The molecule has 3 rings (SSSR count). The number of fused-ring (bicyclic) bond motifs is 1. The van der Waals surface area contributed by atoms with Crippen LogP contribution in [0, 0.1) is 11.8 Å². The first-order valence-electron chi connectivity index (χ1n) is 6.58. The van der Waals surface area contributed by atoms with Crippen molar-refractivity contribution in [2.24, 2.45) is 11.8 Å². The Morgan fingerprint density at radius 2 is 2.16 bits per heavy atom. The molecule has 3 fully saturated rings. The van der Waals surface area contributed by atoms with E-state index in [-0.39, 0.29) is 36.0 Å². The highest BCUT2D eigenvalue weighted by molar-refractivity contribution is 14.1. The standard InChI is InChI=1S/C13H17IO5/c1-5(2)13(3,14)12(16)19-9-7-4-6-8(17-7)10(9)18-11(6)15/h5-10H,4H2,1-3H3. The van der Waals surface area contributed by atoms with Crippen LogP contribution in [-0.4, -0.2) is 39.8 Å². The van der Waals surface area contributed by atoms with Crippen molar-refractivity contribution in [3.63, 3.8) is 0 Å². The predicted octanol–water partition coefficient (Wildman–Crippen LogP) is 1.46. The Hall–Kier alpha value is -0.370. The van der Waals surface area contributed by atoms with Crippen molar-refractivity contribution >= 4 is 34.5 Å². The van der Waals surface area contributed by atoms with Crippen LogP contribution in [0.4, 0.5) is 0 Å². The van der Waals surface area contributed by atoms with Gasteiger partial charge < -0.3 is 14.2 Å². The summed E-state index contributed by atoms with van der Waals surface area (Å²) in [6.45, 7) is 5.82. The second-order valence-electron chi connectivity index (χ2n) is 5.98. The predicted molar refractivity (Wildman–Crippen MR) is 73.8 cm³/mol. The second kappa shape index (κ2) is 4.31. The van der Waals surface area contributed by atoms with E-state index in [1.54, 1.807) is 0 Å². The lowest BCUT2D eigenvalue weighted by molar-refractivity contribution is -0.162. The molecule has 0 radical (unpaired) electrons. The molecule has 0 aromatic heterocycles. The van der Waals surface area contributed by atoms with E-state index in [2.05, 4.69) is 22.6 Å². The minimum atomic E-state index is -0.582. The fourth-order valence-corrected chi connectivity index (χ4v) is 2.98. The van der Waals surface area contributed by atoms with Crippen molar-refractivity contribution < 1.29 is 23.8 Å². The second-order valence-corrected chi connectivity index (χ2v) is 8.22. The highest BCUT2D eigenvalue weighted by atomic mass is 127. The summed E-state index contributed by atoms with van der Waals surface area (Å²) in [6.07, 6.45) is -0.630. The molecule has 0 N–H and O–H groups in total. The summed E-state index contributed by atoms with van der Waals surface area (Å²) in [4.78, 5) is 23.9. The Morgan fingerprint density at radius 3 is 2.79 bits per heavy atom. The third-order valence-electron chi connectivity index (χ3n) is 4.51. The van der Waals surface area contributed by atoms with Crippen LogP contribution in [0.5, 0.6) is 0 Å². The number of esters is 2. The summed E-state index contributed by atoms with van der Waals surface area (Å²) in [5.41, 5.74) is 0. The fraction of sp³-hybridized carbons (Fsp3) is 0.846. The van der Waals surface area contributed by atoms with Gasteiger partial charge in [0.2, 0.25) is 0 Å². The SMILES string of the molecule is CC(C)C(C)(I)C(=O)OC1C2CC3C(=O)OC1C3O2. The maximum absolute atomic E-state index is 12.3. The Kier molecular flexibility index (Phi) is 3.09. The van der Waals surface area contributed by atoms with Crippen molar-refractivity contribution in [2.45, 2.75) is 55.0 Å². The summed E-state index contributed by atoms with van der Waals surface area (Å²) in [5, 5.41) is 0. The molecule has 3 heterocycles. The van der Waals surface area contributed by atoms with Crippen LogP contribution in [0.3, 0.4) is 0 Å². The lowest BCUT2D eigenvalue weighted by Gasteiger charge is -2.29. The van der Waals surface area contributed by atoms with Gasteiger partial charge in [-0.3, -0.25) is 9.59 Å². The van der Waals surface area contributed by atoms with E-state index in [0.29, 0.717) is 6.42 Å². The first kappa shape index (κ1) is 13.6. The molecular weight excluding hydrogens is 363 g/mol. The van der Waals surface area contributed by atoms with E-state index < -0.39 is 15.6 Å². The zero-order valence-electron chi connectivity index (χ0n) is 11.1. The molecule has 3 aliphatic rings. The average Bonchev–Trinajstić information content (AvgIpc) is 2.93. The Balaban J connectivity index is 1.72. The van der Waals surface area contributed by atoms with Crippen LogP contribution < -0.4 is 0 Å². The van der Waals surface area contributed by atoms with Crippen molar-refractivity contribution in [1.29, 1.82) is 0 Å². The molecule has 0 spiro atoms. The van der Waals surface area contributed by atoms with E-state index in [0.717, 1.165) is 0 Å². The summed E-state index contributed by atoms with van der Waals surface area (Å²) in [7, 11) is 0. The van der Waals surface area contributed by atoms with Crippen molar-refractivity contribution in [2.75, 3.05) is 0 Å². The average molecular weight is 380 g/mol. The molecule has 0 aromatic rings. The summed E-state index contributed by atoms with van der Waals surface area (Å²) < 4.78 is 16.0. The summed E-state index contributed by atoms with van der Waals surface area (Å²) in [5.74, 6) is -0.457. The Labute approximate surface area is 125 Å². The molecule has 0 aromatic carbocycles. The largest absolute Gasteiger partial charge is 0.455 e. The number of alkyl halides is 1. The first-order chi connectivity index (χ1) is 8.82. The van der Waals surface area contributed by atoms with Gasteiger partial charge in [0.15, 0.2) is 12.2 Å². The molecule has 6 unspecified atom stereocenters. The molecule has 3 saturated heterocycles. The molecule has 5 nitrogen and oxygen atoms in total. The molecular formula is C13H17IO5. The lowest BCUT2D eigenvalue weighted by atomic mass is 9.88. The van der Waals surface area contributed by atoms with E-state index in [9.17, 15) is 9.59 Å². The van der Waals surface area contributed by atoms with Gasteiger partial charge in [0, 0.05) is 0 Å². The molecule has 3 aliphatic heterocycles. The Morgan fingerprint density at radius 1 is 1.47 bits per heavy atom. The zero-order chi connectivity index (χ0) is 13.9. The van der Waals surface area contributed by atoms with Crippen LogP contribution in [0.2, 0.25) is 0 Å². The quantitative estimate of drug-likeness (QED) is 0.422. The van der Waals surface area contributed by atoms with Crippen molar-refractivity contribution in [3.05, 3.63) is 0 Å². The van der Waals surface area contributed by atoms with Crippen LogP contribution in [0.1, 0.15) is 27.2 Å². The van der Waals surface area contributed by atoms with Gasteiger partial charge in [-0.2, -0.15) is 0 Å². The number of carbonyl (C=O) groups is 2. The molecule has 0 saturated carbocycles. The number of rotatable bonds is 3. The maximum atomic E-state index is 12.3. The van der Waals surface area contributed by atoms with Gasteiger partial charge >= 0.3 is 11.9 Å². The minimum absolute atomic E-state index is 0.152. The summed E-state index contributed by atoms with van der Waals surface area (Å²) >= 11 is 2.12. The highest BCUT2D eigenvalue weighted by Crippen LogP contribution is 2.48. The highest BCUT2D eigenvalue weighted by Gasteiger charge is 2.65. The molecule has 0 amide bonds. The number of ether oxygens (including phenoxy) is 3. The molecule has 6 atom stereocenters. The van der Waals surface area contributed by atoms with Crippen molar-refractivity contribution in [1.82, 2.24) is 0 Å². The topological polar surface area (TPSA) is 61.8 Å². The number of hydrogen-bond acceptors (Lipinski definition) is 5. The maximum Gasteiger partial charge on any atom is 0.322 e. The normalized spacial score (nSPS) is 42.4. The van der Waals surface area contributed by atoms with Crippen LogP contribution in [-0.2, 0) is 23.8 Å². The number of carbonyl (C=O) groups excluding carboxylic acids is 2. The van der Waals surface area contributed by atoms with Gasteiger partial charge in [0.05, 0.1) is 12.0 Å². The van der Waals surface area contributed by atoms with Crippen LogP contribution in [0.25, 0.3) is 0 Å². The van der Waals surface area contributed by atoms with Gasteiger partial charge in [-0.15, -0.1) is 0 Å². The van der Waals surface area contributed by atoms with Gasteiger partial charge in [-0.05, 0) is 19.3 Å². The number of halogens is 1. The molecule has 6 heteroatoms. The molecule has 106 valence electrons. The zero-order valence-corrected chi connectivity index (χ0v) is 13.2. The summed E-state index contributed by atoms with van der Waals surface area (Å²) in [6, 6.07) is 0. The van der Waals surface area contributed by atoms with Crippen molar-refractivity contribution in [3.8, 4) is 0 Å².